The van der Waals surface area contributed by atoms with Crippen molar-refractivity contribution in [3.8, 4) is 22.1 Å². The number of nitrogens with two attached hydrogens (primary N) is 1. The van der Waals surface area contributed by atoms with E-state index in [2.05, 4.69) is 22.2 Å². The molecule has 5 rings (SSSR count). The molecular formula is C34H31FN4O4S. The van der Waals surface area contributed by atoms with E-state index in [0.29, 0.717) is 28.0 Å². The summed E-state index contributed by atoms with van der Waals surface area (Å²) in [4.78, 5) is 46.3. The van der Waals surface area contributed by atoms with Crippen LogP contribution in [0.2, 0.25) is 0 Å². The molecule has 3 heterocycles. The molecule has 0 bridgehead atoms. The van der Waals surface area contributed by atoms with Gasteiger partial charge in [0.15, 0.2) is 11.6 Å². The van der Waals surface area contributed by atoms with Gasteiger partial charge in [-0.2, -0.15) is 0 Å². The molecule has 0 saturated heterocycles. The quantitative estimate of drug-likeness (QED) is 0.113. The smallest absolute Gasteiger partial charge is 0.248 e. The van der Waals surface area contributed by atoms with Crippen molar-refractivity contribution in [1.29, 1.82) is 0 Å². The maximum atomic E-state index is 15.1. The average Bonchev–Trinajstić information content (AvgIpc) is 3.44. The highest BCUT2D eigenvalue weighted by Crippen LogP contribution is 2.39. The summed E-state index contributed by atoms with van der Waals surface area (Å²) < 4.78 is 21.8. The molecular weight excluding hydrogens is 579 g/mol. The molecule has 0 radical (unpaired) electrons. The monoisotopic (exact) mass is 610 g/mol. The topological polar surface area (TPSA) is 124 Å². The van der Waals surface area contributed by atoms with E-state index in [1.54, 1.807) is 36.5 Å². The van der Waals surface area contributed by atoms with Crippen LogP contribution in [0.5, 0.6) is 11.5 Å². The number of carbonyl (C=O) groups is 3. The third-order valence-electron chi connectivity index (χ3n) is 6.83. The lowest BCUT2D eigenvalue weighted by atomic mass is 10.00. The second kappa shape index (κ2) is 14.1. The molecule has 0 saturated carbocycles. The number of fused-ring (bicyclic) bond motifs is 1. The Morgan fingerprint density at radius 2 is 1.68 bits per heavy atom. The standard InChI is InChI=1S/C34H31FN4O4S/c1-2-11-37-19-23-6-8-28(39-20-23)32-18-29-33(44-32)31(10-12-38-29)43-30-9-7-22(16-27(30)35)15-26(41)17-25(40)14-21-4-3-5-24(13-21)34(36)42/h3-10,12-13,16,18,20,37H,2,11,14-15,17,19H2,1H3,(H2,36,42). The van der Waals surface area contributed by atoms with Gasteiger partial charge in [-0.25, -0.2) is 4.39 Å². The number of carbonyl (C=O) groups excluding carboxylic acids is 3. The lowest BCUT2D eigenvalue weighted by molar-refractivity contribution is -0.126. The number of primary amides is 1. The number of rotatable bonds is 14. The number of thiophene rings is 1. The SMILES string of the molecule is CCCNCc1ccc(-c2cc3nccc(Oc4ccc(CC(=O)CC(=O)Cc5cccc(C(N)=O)c5)cc4F)c3s2)nc1. The predicted octanol–water partition coefficient (Wildman–Crippen LogP) is 6.20. The Balaban J connectivity index is 1.22. The van der Waals surface area contributed by atoms with Crippen molar-refractivity contribution in [2.24, 2.45) is 5.73 Å². The number of hydrogen-bond donors (Lipinski definition) is 2. The number of nitrogens with zero attached hydrogens (tertiary/aromatic N) is 2. The van der Waals surface area contributed by atoms with Crippen molar-refractivity contribution in [2.45, 2.75) is 39.2 Å². The second-order valence-electron chi connectivity index (χ2n) is 10.4. The third kappa shape index (κ3) is 7.77. The van der Waals surface area contributed by atoms with Gasteiger partial charge in [0.2, 0.25) is 5.91 Å². The number of aromatic nitrogens is 2. The number of benzene rings is 2. The molecule has 8 nitrogen and oxygen atoms in total. The molecule has 10 heteroatoms. The summed E-state index contributed by atoms with van der Waals surface area (Å²) in [6.45, 7) is 3.84. The maximum Gasteiger partial charge on any atom is 0.248 e. The van der Waals surface area contributed by atoms with Crippen LogP contribution < -0.4 is 15.8 Å². The molecule has 0 fully saturated rings. The lowest BCUT2D eigenvalue weighted by Crippen LogP contribution is -2.14. The summed E-state index contributed by atoms with van der Waals surface area (Å²) in [6, 6.07) is 18.4. The minimum atomic E-state index is -0.624. The molecule has 0 spiro atoms. The van der Waals surface area contributed by atoms with E-state index < -0.39 is 11.7 Å². The van der Waals surface area contributed by atoms with Gasteiger partial charge in [0, 0.05) is 43.4 Å². The van der Waals surface area contributed by atoms with E-state index in [-0.39, 0.29) is 36.6 Å². The van der Waals surface area contributed by atoms with Crippen LogP contribution in [0.4, 0.5) is 4.39 Å². The number of ketones is 2. The highest BCUT2D eigenvalue weighted by atomic mass is 32.1. The normalized spacial score (nSPS) is 11.0. The van der Waals surface area contributed by atoms with Crippen molar-refractivity contribution in [3.05, 3.63) is 107 Å². The Morgan fingerprint density at radius 3 is 2.39 bits per heavy atom. The van der Waals surface area contributed by atoms with Gasteiger partial charge >= 0.3 is 0 Å². The van der Waals surface area contributed by atoms with Crippen LogP contribution in [-0.2, 0) is 29.0 Å². The van der Waals surface area contributed by atoms with Gasteiger partial charge in [-0.3, -0.25) is 24.4 Å². The zero-order valence-corrected chi connectivity index (χ0v) is 25.0. The fraction of sp³-hybridized carbons (Fsp3) is 0.206. The molecule has 3 aromatic heterocycles. The Morgan fingerprint density at radius 1 is 0.909 bits per heavy atom. The van der Waals surface area contributed by atoms with Crippen LogP contribution >= 0.6 is 11.3 Å². The number of amides is 1. The maximum absolute atomic E-state index is 15.1. The van der Waals surface area contributed by atoms with Gasteiger partial charge in [0.1, 0.15) is 17.3 Å². The third-order valence-corrected chi connectivity index (χ3v) is 7.99. The molecule has 0 aliphatic rings. The van der Waals surface area contributed by atoms with Gasteiger partial charge in [-0.15, -0.1) is 11.3 Å². The van der Waals surface area contributed by atoms with E-state index >= 15 is 4.39 Å². The average molecular weight is 611 g/mol. The zero-order chi connectivity index (χ0) is 31.1. The van der Waals surface area contributed by atoms with Gasteiger partial charge < -0.3 is 15.8 Å². The Hall–Kier alpha value is -4.80. The number of halogens is 1. The van der Waals surface area contributed by atoms with Crippen LogP contribution in [0.15, 0.2) is 79.1 Å². The molecule has 0 unspecified atom stereocenters. The summed E-state index contributed by atoms with van der Waals surface area (Å²) in [5, 5.41) is 3.36. The predicted molar refractivity (Wildman–Crippen MR) is 168 cm³/mol. The fourth-order valence-corrected chi connectivity index (χ4v) is 5.74. The van der Waals surface area contributed by atoms with Crippen molar-refractivity contribution < 1.29 is 23.5 Å². The molecule has 2 aromatic carbocycles. The van der Waals surface area contributed by atoms with Gasteiger partial charge in [-0.05, 0) is 66.1 Å². The number of ether oxygens (including phenoxy) is 1. The molecule has 44 heavy (non-hydrogen) atoms. The van der Waals surface area contributed by atoms with Gasteiger partial charge in [-0.1, -0.05) is 31.2 Å². The highest BCUT2D eigenvalue weighted by molar-refractivity contribution is 7.22. The number of Topliss-reactive ketones (excluding diaryl/α,β-unsaturated/α-hetero) is 2. The number of hydrogen-bond acceptors (Lipinski definition) is 8. The van der Waals surface area contributed by atoms with E-state index in [1.165, 1.54) is 29.5 Å². The summed E-state index contributed by atoms with van der Waals surface area (Å²) in [7, 11) is 0. The minimum absolute atomic E-state index is 0.00324. The summed E-state index contributed by atoms with van der Waals surface area (Å²) in [5.41, 5.74) is 9.24. The van der Waals surface area contributed by atoms with Crippen LogP contribution in [0.25, 0.3) is 20.8 Å². The van der Waals surface area contributed by atoms with Gasteiger partial charge in [0.25, 0.3) is 0 Å². The van der Waals surface area contributed by atoms with E-state index in [9.17, 15) is 14.4 Å². The largest absolute Gasteiger partial charge is 0.453 e. The first-order valence-electron chi connectivity index (χ1n) is 14.2. The Labute approximate surface area is 258 Å². The zero-order valence-electron chi connectivity index (χ0n) is 24.1. The Kier molecular flexibility index (Phi) is 9.83. The first-order chi connectivity index (χ1) is 21.3. The van der Waals surface area contributed by atoms with Crippen LogP contribution in [-0.4, -0.2) is 34.0 Å². The van der Waals surface area contributed by atoms with Crippen LogP contribution in [0.3, 0.4) is 0 Å². The number of nitrogens with one attached hydrogen (secondary N) is 1. The summed E-state index contributed by atoms with van der Waals surface area (Å²) in [5.74, 6) is -1.39. The van der Waals surface area contributed by atoms with Crippen LogP contribution in [0.1, 0.15) is 46.8 Å². The van der Waals surface area contributed by atoms with Crippen molar-refractivity contribution in [1.82, 2.24) is 15.3 Å². The van der Waals surface area contributed by atoms with Crippen molar-refractivity contribution in [2.75, 3.05) is 6.54 Å². The summed E-state index contributed by atoms with van der Waals surface area (Å²) >= 11 is 1.46. The highest BCUT2D eigenvalue weighted by Gasteiger charge is 2.16. The summed E-state index contributed by atoms with van der Waals surface area (Å²) in [6.07, 6.45) is 4.13. The van der Waals surface area contributed by atoms with E-state index in [0.717, 1.165) is 40.3 Å². The Bertz CT molecular complexity index is 1820. The molecule has 5 aromatic rings. The molecule has 3 N–H and O–H groups in total. The molecule has 224 valence electrons. The van der Waals surface area contributed by atoms with Gasteiger partial charge in [0.05, 0.1) is 27.2 Å². The van der Waals surface area contributed by atoms with E-state index in [4.69, 9.17) is 10.5 Å². The second-order valence-corrected chi connectivity index (χ2v) is 11.5. The molecule has 0 aliphatic carbocycles. The minimum Gasteiger partial charge on any atom is -0.453 e. The first-order valence-corrected chi connectivity index (χ1v) is 15.0. The lowest BCUT2D eigenvalue weighted by Gasteiger charge is -2.09. The van der Waals surface area contributed by atoms with Crippen molar-refractivity contribution in [3.63, 3.8) is 0 Å². The fourth-order valence-electron chi connectivity index (χ4n) is 4.70. The molecule has 1 amide bonds. The first kappa shape index (κ1) is 30.7. The van der Waals surface area contributed by atoms with Crippen LogP contribution in [0, 0.1) is 5.82 Å². The molecule has 0 aliphatic heterocycles. The number of pyridine rings is 2. The molecule has 0 atom stereocenters. The van der Waals surface area contributed by atoms with E-state index in [1.807, 2.05) is 24.4 Å². The van der Waals surface area contributed by atoms with Crippen molar-refractivity contribution >= 4 is 39.0 Å².